The van der Waals surface area contributed by atoms with Gasteiger partial charge in [0.2, 0.25) is 0 Å². The first-order valence-electron chi connectivity index (χ1n) is 9.33. The molecule has 0 bridgehead atoms. The second kappa shape index (κ2) is 10.3. The van der Waals surface area contributed by atoms with E-state index in [4.69, 9.17) is 25.8 Å². The van der Waals surface area contributed by atoms with E-state index in [0.717, 1.165) is 0 Å². The molecule has 0 saturated carbocycles. The van der Waals surface area contributed by atoms with E-state index in [2.05, 4.69) is 21.4 Å². The largest absolute Gasteiger partial charge is 0.496 e. The number of nitriles is 1. The number of methoxy groups -OCH3 is 3. The number of nitrogens with zero attached hydrogens (tertiary/aromatic N) is 3. The summed E-state index contributed by atoms with van der Waals surface area (Å²) in [6.45, 7) is 0. The van der Waals surface area contributed by atoms with Crippen molar-refractivity contribution < 1.29 is 24.1 Å². The first kappa shape index (κ1) is 24.0. The number of aromatic nitrogens is 2. The van der Waals surface area contributed by atoms with Crippen molar-refractivity contribution in [3.63, 3.8) is 0 Å². The molecule has 0 spiro atoms. The van der Waals surface area contributed by atoms with Crippen LogP contribution in [-0.2, 0) is 0 Å². The summed E-state index contributed by atoms with van der Waals surface area (Å²) in [5.74, 6) is 0.144. The lowest BCUT2D eigenvalue weighted by molar-refractivity contribution is 0.0693. The maximum Gasteiger partial charge on any atom is 0.339 e. The molecule has 1 heterocycles. The number of carboxylic acids is 1. The third-order valence-electron chi connectivity index (χ3n) is 4.61. The normalized spacial score (nSPS) is 10.3. The van der Waals surface area contributed by atoms with E-state index in [-0.39, 0.29) is 27.7 Å². The van der Waals surface area contributed by atoms with Crippen LogP contribution in [0.4, 0.5) is 11.5 Å². The van der Waals surface area contributed by atoms with Gasteiger partial charge in [0.1, 0.15) is 22.9 Å². The number of aromatic carboxylic acids is 1. The molecular weight excluding hydrogens is 468 g/mol. The van der Waals surface area contributed by atoms with Crippen molar-refractivity contribution in [1.29, 1.82) is 5.26 Å². The highest BCUT2D eigenvalue weighted by Crippen LogP contribution is 2.37. The Morgan fingerprint density at radius 2 is 1.79 bits per heavy atom. The van der Waals surface area contributed by atoms with Gasteiger partial charge < -0.3 is 24.6 Å². The summed E-state index contributed by atoms with van der Waals surface area (Å²) in [4.78, 5) is 20.4. The highest BCUT2D eigenvalue weighted by molar-refractivity contribution is 7.98. The number of hydrogen-bond donors (Lipinski definition) is 2. The van der Waals surface area contributed by atoms with Gasteiger partial charge in [0, 0.05) is 11.6 Å². The molecule has 3 aromatic rings. The number of anilines is 2. The lowest BCUT2D eigenvalue weighted by atomic mass is 10.1. The van der Waals surface area contributed by atoms with Gasteiger partial charge in [-0.2, -0.15) is 5.26 Å². The molecule has 0 saturated heterocycles. The Bertz CT molecular complexity index is 1260. The van der Waals surface area contributed by atoms with Gasteiger partial charge in [0.05, 0.1) is 37.7 Å². The van der Waals surface area contributed by atoms with Crippen molar-refractivity contribution in [3.8, 4) is 34.6 Å². The molecule has 3 rings (SSSR count). The molecule has 0 aliphatic heterocycles. The van der Waals surface area contributed by atoms with Gasteiger partial charge in [-0.05, 0) is 30.5 Å². The highest BCUT2D eigenvalue weighted by atomic mass is 35.5. The average molecular weight is 487 g/mol. The SMILES string of the molecule is COc1ccc(-c2nc(SC)nc(Nc3cc(OC)c(C(=O)O)cc3Cl)c2C#N)cc1OC. The van der Waals surface area contributed by atoms with Crippen LogP contribution in [0.25, 0.3) is 11.3 Å². The standard InChI is InChI=1S/C22H19ClN4O5S/c1-30-16-6-5-11(7-18(16)32-3)19-13(10-24)20(27-22(26-19)33-4)25-15-9-17(31-2)12(21(28)29)8-14(15)23/h5-9H,1-4H3,(H,28,29)(H,25,26,27). The maximum absolute atomic E-state index is 11.4. The lowest BCUT2D eigenvalue weighted by Gasteiger charge is -2.15. The summed E-state index contributed by atoms with van der Waals surface area (Å²) in [6, 6.07) is 10.0. The van der Waals surface area contributed by atoms with E-state index in [9.17, 15) is 15.2 Å². The minimum absolute atomic E-state index is 0.0907. The van der Waals surface area contributed by atoms with Crippen LogP contribution in [0.1, 0.15) is 15.9 Å². The molecule has 0 aliphatic rings. The molecule has 33 heavy (non-hydrogen) atoms. The molecule has 0 atom stereocenters. The first-order chi connectivity index (χ1) is 15.9. The molecule has 9 nitrogen and oxygen atoms in total. The van der Waals surface area contributed by atoms with E-state index in [1.165, 1.54) is 45.2 Å². The smallest absolute Gasteiger partial charge is 0.339 e. The summed E-state index contributed by atoms with van der Waals surface area (Å²) >= 11 is 7.60. The molecular formula is C22H19ClN4O5S. The number of thioether (sulfide) groups is 1. The first-order valence-corrected chi connectivity index (χ1v) is 10.9. The van der Waals surface area contributed by atoms with Crippen LogP contribution in [0.2, 0.25) is 5.02 Å². The zero-order valence-corrected chi connectivity index (χ0v) is 19.7. The Kier molecular flexibility index (Phi) is 7.48. The van der Waals surface area contributed by atoms with E-state index < -0.39 is 5.97 Å². The predicted octanol–water partition coefficient (Wildman–Crippen LogP) is 4.86. The van der Waals surface area contributed by atoms with Crippen molar-refractivity contribution >= 4 is 40.8 Å². The van der Waals surface area contributed by atoms with Crippen LogP contribution in [0.3, 0.4) is 0 Å². The molecule has 0 amide bonds. The van der Waals surface area contributed by atoms with E-state index in [0.29, 0.717) is 33.6 Å². The van der Waals surface area contributed by atoms with Crippen molar-refractivity contribution in [2.24, 2.45) is 0 Å². The number of nitrogens with one attached hydrogen (secondary N) is 1. The average Bonchev–Trinajstić information content (AvgIpc) is 2.83. The van der Waals surface area contributed by atoms with Crippen LogP contribution in [0, 0.1) is 11.3 Å². The summed E-state index contributed by atoms with van der Waals surface area (Å²) in [5, 5.41) is 22.8. The van der Waals surface area contributed by atoms with Crippen molar-refractivity contribution in [1.82, 2.24) is 9.97 Å². The van der Waals surface area contributed by atoms with Crippen LogP contribution in [0.15, 0.2) is 35.5 Å². The van der Waals surface area contributed by atoms with E-state index in [1.807, 2.05) is 0 Å². The molecule has 0 unspecified atom stereocenters. The minimum atomic E-state index is -1.18. The Labute approximate surface area is 199 Å². The third kappa shape index (κ3) is 4.89. The molecule has 1 aromatic heterocycles. The van der Waals surface area contributed by atoms with E-state index >= 15 is 0 Å². The Morgan fingerprint density at radius 3 is 2.36 bits per heavy atom. The lowest BCUT2D eigenvalue weighted by Crippen LogP contribution is -2.06. The Morgan fingerprint density at radius 1 is 1.09 bits per heavy atom. The quantitative estimate of drug-likeness (QED) is 0.336. The molecule has 0 fully saturated rings. The van der Waals surface area contributed by atoms with Gasteiger partial charge in [0.15, 0.2) is 22.5 Å². The second-order valence-corrected chi connectivity index (χ2v) is 7.61. The number of rotatable bonds is 8. The second-order valence-electron chi connectivity index (χ2n) is 6.43. The molecule has 2 aromatic carbocycles. The monoisotopic (exact) mass is 486 g/mol. The van der Waals surface area contributed by atoms with Gasteiger partial charge in [-0.1, -0.05) is 23.4 Å². The van der Waals surface area contributed by atoms with Gasteiger partial charge in [-0.3, -0.25) is 0 Å². The number of benzene rings is 2. The number of carbonyl (C=O) groups is 1. The topological polar surface area (TPSA) is 127 Å². The zero-order valence-electron chi connectivity index (χ0n) is 18.1. The summed E-state index contributed by atoms with van der Waals surface area (Å²) in [7, 11) is 4.40. The number of halogens is 1. The van der Waals surface area contributed by atoms with Crippen molar-refractivity contribution in [2.45, 2.75) is 5.16 Å². The predicted molar refractivity (Wildman–Crippen MR) is 125 cm³/mol. The third-order valence-corrected chi connectivity index (χ3v) is 5.47. The molecule has 2 N–H and O–H groups in total. The fourth-order valence-corrected chi connectivity index (χ4v) is 3.61. The molecule has 0 radical (unpaired) electrons. The van der Waals surface area contributed by atoms with Gasteiger partial charge >= 0.3 is 5.97 Å². The number of hydrogen-bond acceptors (Lipinski definition) is 9. The highest BCUT2D eigenvalue weighted by Gasteiger charge is 2.20. The molecule has 11 heteroatoms. The zero-order chi connectivity index (χ0) is 24.1. The van der Waals surface area contributed by atoms with Crippen LogP contribution < -0.4 is 19.5 Å². The molecule has 0 aliphatic carbocycles. The Balaban J connectivity index is 2.17. The fraction of sp³-hybridized carbons (Fsp3) is 0.182. The number of carboxylic acid groups (broad SMARTS) is 1. The van der Waals surface area contributed by atoms with Crippen LogP contribution in [0.5, 0.6) is 17.2 Å². The van der Waals surface area contributed by atoms with E-state index in [1.54, 1.807) is 24.5 Å². The Hall–Kier alpha value is -3.68. The summed E-state index contributed by atoms with van der Waals surface area (Å²) in [6.07, 6.45) is 1.81. The maximum atomic E-state index is 11.4. The van der Waals surface area contributed by atoms with Gasteiger partial charge in [0.25, 0.3) is 0 Å². The number of ether oxygens (including phenoxy) is 3. The molecule has 170 valence electrons. The van der Waals surface area contributed by atoms with Gasteiger partial charge in [-0.25, -0.2) is 14.8 Å². The van der Waals surface area contributed by atoms with Gasteiger partial charge in [-0.15, -0.1) is 0 Å². The summed E-state index contributed by atoms with van der Waals surface area (Å²) in [5.41, 5.74) is 1.39. The van der Waals surface area contributed by atoms with Crippen molar-refractivity contribution in [2.75, 3.05) is 32.9 Å². The summed E-state index contributed by atoms with van der Waals surface area (Å²) < 4.78 is 15.8. The fourth-order valence-electron chi connectivity index (χ4n) is 3.03. The van der Waals surface area contributed by atoms with Crippen molar-refractivity contribution in [3.05, 3.63) is 46.5 Å². The van der Waals surface area contributed by atoms with Crippen LogP contribution in [-0.4, -0.2) is 48.6 Å². The van der Waals surface area contributed by atoms with Crippen LogP contribution >= 0.6 is 23.4 Å². The minimum Gasteiger partial charge on any atom is -0.496 e.